The highest BCUT2D eigenvalue weighted by Gasteiger charge is 2.12. The number of halogens is 2. The van der Waals surface area contributed by atoms with Crippen molar-refractivity contribution in [3.8, 4) is 16.3 Å². The lowest BCUT2D eigenvalue weighted by Crippen LogP contribution is -2.31. The molecule has 8 heteroatoms. The second kappa shape index (κ2) is 9.58. The number of hydrogen-bond acceptors (Lipinski definition) is 5. The predicted molar refractivity (Wildman–Crippen MR) is 109 cm³/mol. The van der Waals surface area contributed by atoms with Crippen molar-refractivity contribution in [1.29, 1.82) is 0 Å². The summed E-state index contributed by atoms with van der Waals surface area (Å²) in [4.78, 5) is 18.6. The Morgan fingerprint density at radius 2 is 2.03 bits per heavy atom. The summed E-state index contributed by atoms with van der Waals surface area (Å²) in [5, 5.41) is 5.20. The highest BCUT2D eigenvalue weighted by Crippen LogP contribution is 2.27. The molecule has 1 heterocycles. The van der Waals surface area contributed by atoms with Gasteiger partial charge in [-0.25, -0.2) is 13.8 Å². The molecule has 1 aromatic heterocycles. The zero-order valence-corrected chi connectivity index (χ0v) is 16.9. The lowest BCUT2D eigenvalue weighted by atomic mass is 10.2. The number of rotatable bonds is 8. The molecule has 152 valence electrons. The first-order valence-electron chi connectivity index (χ1n) is 8.98. The van der Waals surface area contributed by atoms with Crippen LogP contribution < -0.4 is 10.1 Å². The van der Waals surface area contributed by atoms with Crippen molar-refractivity contribution in [3.63, 3.8) is 0 Å². The highest BCUT2D eigenvalue weighted by atomic mass is 32.1. The molecule has 0 aliphatic carbocycles. The fraction of sp³-hybridized carbons (Fsp3) is 0.238. The lowest BCUT2D eigenvalue weighted by Gasteiger charge is -2.09. The van der Waals surface area contributed by atoms with Gasteiger partial charge in [0.15, 0.2) is 0 Å². The fourth-order valence-electron chi connectivity index (χ4n) is 2.53. The average Bonchev–Trinajstić information content (AvgIpc) is 3.19. The molecule has 0 saturated heterocycles. The summed E-state index contributed by atoms with van der Waals surface area (Å²) in [6.07, 6.45) is 0. The Labute approximate surface area is 172 Å². The van der Waals surface area contributed by atoms with E-state index in [9.17, 15) is 13.6 Å². The van der Waals surface area contributed by atoms with Crippen LogP contribution in [-0.4, -0.2) is 43.0 Å². The van der Waals surface area contributed by atoms with Crippen LogP contribution in [0.4, 0.5) is 8.78 Å². The summed E-state index contributed by atoms with van der Waals surface area (Å²) < 4.78 is 32.6. The first-order valence-corrected chi connectivity index (χ1v) is 9.86. The van der Waals surface area contributed by atoms with E-state index in [1.807, 2.05) is 25.1 Å². The molecular formula is C21H21F2N3O2S. The summed E-state index contributed by atoms with van der Waals surface area (Å²) in [7, 11) is 3.87. The van der Waals surface area contributed by atoms with E-state index in [2.05, 4.69) is 10.3 Å². The van der Waals surface area contributed by atoms with E-state index >= 15 is 0 Å². The van der Waals surface area contributed by atoms with Crippen molar-refractivity contribution >= 4 is 17.2 Å². The van der Waals surface area contributed by atoms with Gasteiger partial charge in [0.1, 0.15) is 34.7 Å². The number of amides is 1. The van der Waals surface area contributed by atoms with E-state index in [0.717, 1.165) is 30.3 Å². The Kier molecular flexibility index (Phi) is 6.90. The van der Waals surface area contributed by atoms with Gasteiger partial charge in [0.2, 0.25) is 0 Å². The molecule has 0 spiro atoms. The van der Waals surface area contributed by atoms with E-state index in [-0.39, 0.29) is 18.1 Å². The largest absolute Gasteiger partial charge is 0.489 e. The number of nitrogens with one attached hydrogen (secondary N) is 1. The number of ether oxygens (including phenoxy) is 1. The Hall–Kier alpha value is -2.84. The molecule has 1 N–H and O–H groups in total. The fourth-order valence-corrected chi connectivity index (χ4v) is 3.33. The molecule has 0 atom stereocenters. The molecule has 0 unspecified atom stereocenters. The Morgan fingerprint density at radius 3 is 2.83 bits per heavy atom. The van der Waals surface area contributed by atoms with Crippen LogP contribution in [0.25, 0.3) is 10.6 Å². The number of thiazole rings is 1. The second-order valence-electron chi connectivity index (χ2n) is 6.65. The topological polar surface area (TPSA) is 54.5 Å². The minimum atomic E-state index is -0.521. The maximum atomic E-state index is 13.7. The van der Waals surface area contributed by atoms with Crippen LogP contribution in [0, 0.1) is 11.6 Å². The number of hydrogen-bond donors (Lipinski definition) is 1. The molecule has 2 aromatic carbocycles. The Morgan fingerprint density at radius 1 is 1.21 bits per heavy atom. The normalized spacial score (nSPS) is 10.9. The molecular weight excluding hydrogens is 396 g/mol. The van der Waals surface area contributed by atoms with Gasteiger partial charge >= 0.3 is 0 Å². The van der Waals surface area contributed by atoms with Crippen LogP contribution in [0.15, 0.2) is 47.8 Å². The Bertz CT molecular complexity index is 992. The zero-order valence-electron chi connectivity index (χ0n) is 16.1. The number of likely N-dealkylation sites (N-methyl/N-ethyl adjacent to an activating group) is 1. The maximum Gasteiger partial charge on any atom is 0.270 e. The van der Waals surface area contributed by atoms with E-state index in [1.54, 1.807) is 23.6 Å². The number of aromatic nitrogens is 1. The molecule has 29 heavy (non-hydrogen) atoms. The monoisotopic (exact) mass is 417 g/mol. The van der Waals surface area contributed by atoms with Gasteiger partial charge in [-0.2, -0.15) is 0 Å². The lowest BCUT2D eigenvalue weighted by molar-refractivity contribution is 0.0947. The standard InChI is InChI=1S/C21H21F2N3O2S/c1-26(2)9-8-24-20(27)19-13-29-21(25-19)14-4-3-5-17(11-14)28-12-15-10-16(22)6-7-18(15)23/h3-7,10-11,13H,8-9,12H2,1-2H3,(H,24,27). The quantitative estimate of drug-likeness (QED) is 0.603. The minimum Gasteiger partial charge on any atom is -0.489 e. The molecule has 5 nitrogen and oxygen atoms in total. The van der Waals surface area contributed by atoms with Crippen LogP contribution in [0.2, 0.25) is 0 Å². The predicted octanol–water partition coefficient (Wildman–Crippen LogP) is 3.96. The number of nitrogens with zero attached hydrogens (tertiary/aromatic N) is 2. The highest BCUT2D eigenvalue weighted by molar-refractivity contribution is 7.13. The molecule has 3 rings (SSSR count). The van der Waals surface area contributed by atoms with Gasteiger partial charge in [0.05, 0.1) is 0 Å². The van der Waals surface area contributed by atoms with E-state index in [4.69, 9.17) is 4.74 Å². The SMILES string of the molecule is CN(C)CCNC(=O)c1csc(-c2cccc(OCc3cc(F)ccc3F)c2)n1. The van der Waals surface area contributed by atoms with Crippen LogP contribution in [-0.2, 0) is 6.61 Å². The molecule has 0 fully saturated rings. The smallest absolute Gasteiger partial charge is 0.270 e. The third kappa shape index (κ3) is 5.82. The first-order chi connectivity index (χ1) is 13.9. The van der Waals surface area contributed by atoms with Crippen molar-refractivity contribution in [3.05, 3.63) is 70.7 Å². The summed E-state index contributed by atoms with van der Waals surface area (Å²) in [5.41, 5.74) is 1.28. The summed E-state index contributed by atoms with van der Waals surface area (Å²) >= 11 is 1.35. The zero-order chi connectivity index (χ0) is 20.8. The van der Waals surface area contributed by atoms with Gasteiger partial charge in [-0.15, -0.1) is 11.3 Å². The van der Waals surface area contributed by atoms with Crippen LogP contribution in [0.1, 0.15) is 16.1 Å². The van der Waals surface area contributed by atoms with E-state index < -0.39 is 11.6 Å². The van der Waals surface area contributed by atoms with Gasteiger partial charge in [-0.3, -0.25) is 4.79 Å². The van der Waals surface area contributed by atoms with Crippen molar-refractivity contribution in [2.45, 2.75) is 6.61 Å². The maximum absolute atomic E-state index is 13.7. The molecule has 1 amide bonds. The van der Waals surface area contributed by atoms with Crippen molar-refractivity contribution in [2.24, 2.45) is 0 Å². The third-order valence-corrected chi connectivity index (χ3v) is 4.96. The van der Waals surface area contributed by atoms with E-state index in [1.165, 1.54) is 11.3 Å². The average molecular weight is 417 g/mol. The molecule has 0 bridgehead atoms. The van der Waals surface area contributed by atoms with Gasteiger partial charge in [-0.05, 0) is 44.4 Å². The minimum absolute atomic E-state index is 0.0928. The molecule has 0 radical (unpaired) electrons. The Balaban J connectivity index is 1.66. The van der Waals surface area contributed by atoms with E-state index in [0.29, 0.717) is 23.0 Å². The summed E-state index contributed by atoms with van der Waals surface area (Å²) in [5.74, 6) is -0.757. The van der Waals surface area contributed by atoms with Crippen molar-refractivity contribution in [2.75, 3.05) is 27.2 Å². The number of benzene rings is 2. The first kappa shape index (κ1) is 20.9. The summed E-state index contributed by atoms with van der Waals surface area (Å²) in [6.45, 7) is 1.19. The number of carbonyl (C=O) groups excluding carboxylic acids is 1. The van der Waals surface area contributed by atoms with Gasteiger partial charge in [-0.1, -0.05) is 12.1 Å². The molecule has 0 aliphatic heterocycles. The summed E-state index contributed by atoms with van der Waals surface area (Å²) in [6, 6.07) is 10.4. The van der Waals surface area contributed by atoms with Crippen LogP contribution in [0.5, 0.6) is 5.75 Å². The molecule has 3 aromatic rings. The number of carbonyl (C=O) groups is 1. The van der Waals surface area contributed by atoms with Crippen LogP contribution >= 0.6 is 11.3 Å². The second-order valence-corrected chi connectivity index (χ2v) is 7.51. The van der Waals surface area contributed by atoms with Crippen LogP contribution in [0.3, 0.4) is 0 Å². The van der Waals surface area contributed by atoms with Gasteiger partial charge in [0, 0.05) is 29.6 Å². The third-order valence-electron chi connectivity index (χ3n) is 4.06. The van der Waals surface area contributed by atoms with Gasteiger partial charge < -0.3 is 15.0 Å². The van der Waals surface area contributed by atoms with Crippen molar-refractivity contribution in [1.82, 2.24) is 15.2 Å². The molecule has 0 saturated carbocycles. The van der Waals surface area contributed by atoms with Crippen molar-refractivity contribution < 1.29 is 18.3 Å². The molecule has 0 aliphatic rings. The van der Waals surface area contributed by atoms with Gasteiger partial charge in [0.25, 0.3) is 5.91 Å².